The second-order valence-electron chi connectivity index (χ2n) is 5.02. The highest BCUT2D eigenvalue weighted by Gasteiger charge is 2.21. The lowest BCUT2D eigenvalue weighted by Crippen LogP contribution is -2.10. The van der Waals surface area contributed by atoms with Crippen LogP contribution < -0.4 is 0 Å². The normalized spacial score (nSPS) is 12.5. The monoisotopic (exact) mass is 291 g/mol. The quantitative estimate of drug-likeness (QED) is 0.608. The van der Waals surface area contributed by atoms with E-state index in [9.17, 15) is 5.11 Å². The smallest absolute Gasteiger partial charge is 0.154 e. The van der Waals surface area contributed by atoms with Crippen molar-refractivity contribution in [3.63, 3.8) is 0 Å². The summed E-state index contributed by atoms with van der Waals surface area (Å²) in [5.41, 5.74) is 2.92. The lowest BCUT2D eigenvalue weighted by atomic mass is 9.97. The van der Waals surface area contributed by atoms with E-state index in [1.807, 2.05) is 53.2 Å². The van der Waals surface area contributed by atoms with E-state index in [0.29, 0.717) is 11.0 Å². The summed E-state index contributed by atoms with van der Waals surface area (Å²) in [5, 5.41) is 21.2. The van der Waals surface area contributed by atoms with Gasteiger partial charge in [0.05, 0.1) is 12.4 Å². The molecule has 0 amide bonds. The van der Waals surface area contributed by atoms with Gasteiger partial charge in [-0.15, -0.1) is 0 Å². The average molecular weight is 291 g/mol. The van der Waals surface area contributed by atoms with E-state index in [0.717, 1.165) is 11.1 Å². The van der Waals surface area contributed by atoms with Crippen LogP contribution in [0.2, 0.25) is 0 Å². The number of aromatic amines is 1. The van der Waals surface area contributed by atoms with Crippen molar-refractivity contribution in [2.24, 2.45) is 0 Å². The minimum atomic E-state index is -0.176. The fourth-order valence-corrected chi connectivity index (χ4v) is 2.70. The van der Waals surface area contributed by atoms with Crippen LogP contribution in [0.5, 0.6) is 5.75 Å². The Kier molecular flexibility index (Phi) is 2.86. The summed E-state index contributed by atoms with van der Waals surface area (Å²) in [5.74, 6) is 0.133. The highest BCUT2D eigenvalue weighted by molar-refractivity contribution is 5.82. The van der Waals surface area contributed by atoms with Crippen LogP contribution in [0.1, 0.15) is 17.2 Å². The van der Waals surface area contributed by atoms with Gasteiger partial charge in [0.25, 0.3) is 0 Å². The molecule has 2 aromatic carbocycles. The molecule has 1 atom stereocenters. The summed E-state index contributed by atoms with van der Waals surface area (Å²) in [6.45, 7) is 0. The minimum absolute atomic E-state index is 0.133. The van der Waals surface area contributed by atoms with Gasteiger partial charge in [0.15, 0.2) is 11.3 Å². The zero-order valence-electron chi connectivity index (χ0n) is 11.6. The number of rotatable bonds is 3. The first-order valence-corrected chi connectivity index (χ1v) is 6.89. The molecule has 2 heterocycles. The van der Waals surface area contributed by atoms with Gasteiger partial charge in [-0.2, -0.15) is 15.4 Å². The zero-order chi connectivity index (χ0) is 14.9. The Morgan fingerprint density at radius 2 is 1.91 bits per heavy atom. The van der Waals surface area contributed by atoms with Crippen LogP contribution in [-0.4, -0.2) is 30.1 Å². The fraction of sp³-hybridized carbons (Fsp3) is 0.0625. The number of fused-ring (bicyclic) bond motifs is 1. The van der Waals surface area contributed by atoms with E-state index in [1.165, 1.54) is 0 Å². The molecular formula is C16H13N5O. The summed E-state index contributed by atoms with van der Waals surface area (Å²) in [6.07, 6.45) is 5.34. The van der Waals surface area contributed by atoms with Crippen molar-refractivity contribution in [1.29, 1.82) is 0 Å². The van der Waals surface area contributed by atoms with E-state index in [-0.39, 0.29) is 11.8 Å². The van der Waals surface area contributed by atoms with Gasteiger partial charge in [-0.05, 0) is 11.6 Å². The van der Waals surface area contributed by atoms with Gasteiger partial charge in [0, 0.05) is 18.0 Å². The number of nitrogens with one attached hydrogen (secondary N) is 1. The predicted octanol–water partition coefficient (Wildman–Crippen LogP) is 2.50. The van der Waals surface area contributed by atoms with Crippen molar-refractivity contribution < 1.29 is 5.11 Å². The molecule has 0 saturated carbocycles. The number of nitrogens with zero attached hydrogens (tertiary/aromatic N) is 4. The van der Waals surface area contributed by atoms with Gasteiger partial charge in [0.2, 0.25) is 0 Å². The number of phenolic OH excluding ortho intramolecular Hbond substituents is 1. The Morgan fingerprint density at radius 1 is 1.05 bits per heavy atom. The van der Waals surface area contributed by atoms with Crippen LogP contribution >= 0.6 is 0 Å². The van der Waals surface area contributed by atoms with Gasteiger partial charge < -0.3 is 9.67 Å². The third kappa shape index (κ3) is 1.93. The summed E-state index contributed by atoms with van der Waals surface area (Å²) in [6, 6.07) is 13.5. The van der Waals surface area contributed by atoms with E-state index < -0.39 is 0 Å². The van der Waals surface area contributed by atoms with E-state index >= 15 is 0 Å². The van der Waals surface area contributed by atoms with Crippen molar-refractivity contribution in [3.05, 3.63) is 72.3 Å². The molecule has 0 radical (unpaired) electrons. The molecule has 22 heavy (non-hydrogen) atoms. The van der Waals surface area contributed by atoms with Crippen molar-refractivity contribution in [1.82, 2.24) is 25.0 Å². The number of benzene rings is 2. The number of imidazole rings is 1. The molecule has 2 N–H and O–H groups in total. The molecule has 0 aliphatic rings. The molecule has 6 heteroatoms. The van der Waals surface area contributed by atoms with Crippen LogP contribution in [0.25, 0.3) is 11.0 Å². The SMILES string of the molecule is Oc1c(C(c2ccccc2)n2ccnc2)ccc2n[nH]nc12. The maximum atomic E-state index is 10.6. The second-order valence-corrected chi connectivity index (χ2v) is 5.02. The van der Waals surface area contributed by atoms with Crippen LogP contribution in [-0.2, 0) is 0 Å². The number of hydrogen-bond donors (Lipinski definition) is 2. The summed E-state index contributed by atoms with van der Waals surface area (Å²) < 4.78 is 1.95. The maximum absolute atomic E-state index is 10.6. The molecule has 0 spiro atoms. The lowest BCUT2D eigenvalue weighted by Gasteiger charge is -2.20. The van der Waals surface area contributed by atoms with Gasteiger partial charge in [-0.25, -0.2) is 4.98 Å². The molecule has 0 saturated heterocycles. The molecule has 0 fully saturated rings. The minimum Gasteiger partial charge on any atom is -0.505 e. The second kappa shape index (κ2) is 5.00. The zero-order valence-corrected chi connectivity index (χ0v) is 11.6. The lowest BCUT2D eigenvalue weighted by molar-refractivity contribution is 0.465. The van der Waals surface area contributed by atoms with Crippen LogP contribution in [0.4, 0.5) is 0 Å². The standard InChI is InChI=1S/C16H13N5O/c22-16-12(6-7-13-14(16)19-20-18-13)15(21-9-8-17-10-21)11-4-2-1-3-5-11/h1-10,15,22H,(H,18,19,20). The Labute approximate surface area is 126 Å². The first-order valence-electron chi connectivity index (χ1n) is 6.89. The van der Waals surface area contributed by atoms with E-state index in [4.69, 9.17) is 0 Å². The average Bonchev–Trinajstić information content (AvgIpc) is 3.23. The number of aromatic hydroxyl groups is 1. The highest BCUT2D eigenvalue weighted by atomic mass is 16.3. The first-order chi connectivity index (χ1) is 10.8. The molecule has 4 aromatic rings. The summed E-state index contributed by atoms with van der Waals surface area (Å²) >= 11 is 0. The molecule has 0 aliphatic carbocycles. The molecule has 0 bridgehead atoms. The van der Waals surface area contributed by atoms with E-state index in [2.05, 4.69) is 20.4 Å². The largest absolute Gasteiger partial charge is 0.505 e. The number of hydrogen-bond acceptors (Lipinski definition) is 4. The first kappa shape index (κ1) is 12.6. The molecule has 1 unspecified atom stereocenters. The van der Waals surface area contributed by atoms with Crippen LogP contribution in [0.3, 0.4) is 0 Å². The Balaban J connectivity index is 1.95. The third-order valence-corrected chi connectivity index (χ3v) is 3.73. The predicted molar refractivity (Wildman–Crippen MR) is 81.5 cm³/mol. The molecule has 0 aliphatic heterocycles. The molecular weight excluding hydrogens is 278 g/mol. The molecule has 2 aromatic heterocycles. The van der Waals surface area contributed by atoms with Crippen molar-refractivity contribution in [2.75, 3.05) is 0 Å². The third-order valence-electron chi connectivity index (χ3n) is 3.73. The number of phenols is 1. The van der Waals surface area contributed by atoms with E-state index in [1.54, 1.807) is 12.5 Å². The Morgan fingerprint density at radius 3 is 2.68 bits per heavy atom. The molecule has 4 rings (SSSR count). The van der Waals surface area contributed by atoms with Crippen molar-refractivity contribution in [3.8, 4) is 5.75 Å². The van der Waals surface area contributed by atoms with Gasteiger partial charge in [-0.3, -0.25) is 0 Å². The molecule has 6 nitrogen and oxygen atoms in total. The highest BCUT2D eigenvalue weighted by Crippen LogP contribution is 2.35. The van der Waals surface area contributed by atoms with Crippen LogP contribution in [0, 0.1) is 0 Å². The van der Waals surface area contributed by atoms with Crippen molar-refractivity contribution >= 4 is 11.0 Å². The number of aromatic nitrogens is 5. The summed E-state index contributed by atoms with van der Waals surface area (Å²) in [4.78, 5) is 4.12. The maximum Gasteiger partial charge on any atom is 0.154 e. The fourth-order valence-electron chi connectivity index (χ4n) is 2.70. The number of H-pyrrole nitrogens is 1. The van der Waals surface area contributed by atoms with Crippen LogP contribution in [0.15, 0.2) is 61.2 Å². The van der Waals surface area contributed by atoms with Gasteiger partial charge in [0.1, 0.15) is 5.52 Å². The Bertz CT molecular complexity index is 899. The van der Waals surface area contributed by atoms with Crippen molar-refractivity contribution in [2.45, 2.75) is 6.04 Å². The van der Waals surface area contributed by atoms with Gasteiger partial charge >= 0.3 is 0 Å². The Hall–Kier alpha value is -3.15. The molecule has 108 valence electrons. The van der Waals surface area contributed by atoms with Gasteiger partial charge in [-0.1, -0.05) is 36.4 Å². The summed E-state index contributed by atoms with van der Waals surface area (Å²) in [7, 11) is 0. The topological polar surface area (TPSA) is 79.6 Å².